The maximum Gasteiger partial charge on any atom is 0.144 e. The highest BCUT2D eigenvalue weighted by atomic mass is 15.3. The van der Waals surface area contributed by atoms with Crippen LogP contribution in [0.4, 0.5) is 5.69 Å². The highest BCUT2D eigenvalue weighted by molar-refractivity contribution is 5.60. The summed E-state index contributed by atoms with van der Waals surface area (Å²) in [6, 6.07) is 15.9. The number of nitriles is 1. The molecular formula is C21H21N5. The van der Waals surface area contributed by atoms with Crippen molar-refractivity contribution in [3.05, 3.63) is 60.6 Å². The lowest BCUT2D eigenvalue weighted by atomic mass is 10.1. The first-order chi connectivity index (χ1) is 12.8. The average Bonchev–Trinajstić information content (AvgIpc) is 3.37. The Bertz CT molecular complexity index is 900. The number of rotatable bonds is 5. The molecule has 1 aliphatic carbocycles. The molecule has 0 amide bonds. The van der Waals surface area contributed by atoms with Crippen LogP contribution in [0.3, 0.4) is 0 Å². The van der Waals surface area contributed by atoms with Crippen molar-refractivity contribution >= 4 is 5.69 Å². The maximum absolute atomic E-state index is 9.46. The predicted molar refractivity (Wildman–Crippen MR) is 102 cm³/mol. The monoisotopic (exact) mass is 343 g/mol. The van der Waals surface area contributed by atoms with Crippen molar-refractivity contribution in [2.45, 2.75) is 25.7 Å². The van der Waals surface area contributed by atoms with Crippen molar-refractivity contribution in [3.8, 4) is 23.0 Å². The lowest BCUT2D eigenvalue weighted by molar-refractivity contribution is 0.580. The molecule has 0 saturated heterocycles. The van der Waals surface area contributed by atoms with Gasteiger partial charge in [-0.1, -0.05) is 12.8 Å². The van der Waals surface area contributed by atoms with Gasteiger partial charge in [-0.25, -0.2) is 4.68 Å². The number of aromatic nitrogens is 3. The minimum absolute atomic E-state index is 0.510. The fourth-order valence-corrected chi connectivity index (χ4v) is 3.51. The molecule has 0 radical (unpaired) electrons. The second-order valence-electron chi connectivity index (χ2n) is 6.76. The van der Waals surface area contributed by atoms with Crippen molar-refractivity contribution in [2.75, 3.05) is 11.9 Å². The van der Waals surface area contributed by atoms with Crippen LogP contribution in [0.1, 0.15) is 31.4 Å². The summed E-state index contributed by atoms with van der Waals surface area (Å²) in [5.41, 5.74) is 4.15. The summed E-state index contributed by atoms with van der Waals surface area (Å²) < 4.78 is 1.68. The summed E-state index contributed by atoms with van der Waals surface area (Å²) in [6.07, 6.45) is 8.87. The van der Waals surface area contributed by atoms with Gasteiger partial charge in [0.1, 0.15) is 11.8 Å². The molecule has 26 heavy (non-hydrogen) atoms. The normalized spacial score (nSPS) is 14.3. The number of hydrogen-bond acceptors (Lipinski definition) is 4. The van der Waals surface area contributed by atoms with Gasteiger partial charge in [0.2, 0.25) is 0 Å². The molecule has 5 heteroatoms. The number of nitrogens with zero attached hydrogens (tertiary/aromatic N) is 4. The van der Waals surface area contributed by atoms with Crippen LogP contribution in [0.15, 0.2) is 54.9 Å². The molecular weight excluding hydrogens is 322 g/mol. The molecule has 0 unspecified atom stereocenters. The van der Waals surface area contributed by atoms with Gasteiger partial charge < -0.3 is 5.32 Å². The molecule has 130 valence electrons. The molecule has 2 heterocycles. The Kier molecular flexibility index (Phi) is 4.65. The van der Waals surface area contributed by atoms with Gasteiger partial charge in [-0.05, 0) is 55.2 Å². The summed E-state index contributed by atoms with van der Waals surface area (Å²) in [5, 5.41) is 17.6. The van der Waals surface area contributed by atoms with E-state index in [4.69, 9.17) is 0 Å². The van der Waals surface area contributed by atoms with Crippen molar-refractivity contribution < 1.29 is 0 Å². The second-order valence-corrected chi connectivity index (χ2v) is 6.76. The van der Waals surface area contributed by atoms with E-state index in [1.165, 1.54) is 25.7 Å². The van der Waals surface area contributed by atoms with Gasteiger partial charge in [0.15, 0.2) is 0 Å². The number of nitrogens with one attached hydrogen (secondary N) is 1. The molecule has 0 bridgehead atoms. The predicted octanol–water partition coefficient (Wildman–Crippen LogP) is 4.41. The molecule has 1 fully saturated rings. The van der Waals surface area contributed by atoms with E-state index < -0.39 is 0 Å². The van der Waals surface area contributed by atoms with E-state index in [0.717, 1.165) is 35.1 Å². The Morgan fingerprint density at radius 3 is 2.65 bits per heavy atom. The second kappa shape index (κ2) is 7.40. The van der Waals surface area contributed by atoms with Crippen LogP contribution in [0, 0.1) is 17.2 Å². The molecule has 3 aromatic rings. The first-order valence-electron chi connectivity index (χ1n) is 9.08. The zero-order valence-corrected chi connectivity index (χ0v) is 14.6. The average molecular weight is 343 g/mol. The molecule has 1 saturated carbocycles. The highest BCUT2D eigenvalue weighted by Crippen LogP contribution is 2.25. The molecule has 4 rings (SSSR count). The van der Waals surface area contributed by atoms with Crippen LogP contribution in [0.5, 0.6) is 0 Å². The number of anilines is 1. The Labute approximate surface area is 153 Å². The fraction of sp³-hybridized carbons (Fsp3) is 0.286. The van der Waals surface area contributed by atoms with E-state index in [0.29, 0.717) is 5.69 Å². The van der Waals surface area contributed by atoms with E-state index in [1.807, 2.05) is 24.3 Å². The number of benzene rings is 1. The van der Waals surface area contributed by atoms with Crippen LogP contribution in [-0.4, -0.2) is 21.3 Å². The van der Waals surface area contributed by atoms with Crippen molar-refractivity contribution in [3.63, 3.8) is 0 Å². The lowest BCUT2D eigenvalue weighted by Gasteiger charge is -2.12. The standard InChI is InChI=1S/C21H21N5/c22-13-20-12-21(17-6-3-11-23-15-17)25-26(20)19-9-7-18(8-10-19)24-14-16-4-1-2-5-16/h3,6-12,15-16,24H,1-2,4-5,14H2. The number of hydrogen-bond donors (Lipinski definition) is 1. The van der Waals surface area contributed by atoms with Gasteiger partial charge in [-0.3, -0.25) is 4.98 Å². The molecule has 5 nitrogen and oxygen atoms in total. The van der Waals surface area contributed by atoms with Gasteiger partial charge in [0, 0.05) is 36.3 Å². The molecule has 1 aliphatic rings. The van der Waals surface area contributed by atoms with Crippen molar-refractivity contribution in [1.29, 1.82) is 5.26 Å². The zero-order valence-electron chi connectivity index (χ0n) is 14.6. The molecule has 0 aliphatic heterocycles. The Balaban J connectivity index is 1.53. The first kappa shape index (κ1) is 16.3. The van der Waals surface area contributed by atoms with Gasteiger partial charge >= 0.3 is 0 Å². The van der Waals surface area contributed by atoms with Crippen molar-refractivity contribution in [2.24, 2.45) is 5.92 Å². The molecule has 1 aromatic carbocycles. The first-order valence-corrected chi connectivity index (χ1v) is 9.08. The minimum atomic E-state index is 0.510. The van der Waals surface area contributed by atoms with Crippen LogP contribution < -0.4 is 5.32 Å². The SMILES string of the molecule is N#Cc1cc(-c2cccnc2)nn1-c1ccc(NCC2CCCC2)cc1. The third kappa shape index (κ3) is 3.45. The molecule has 2 aromatic heterocycles. The van der Waals surface area contributed by atoms with E-state index in [2.05, 4.69) is 33.6 Å². The number of pyridine rings is 1. The topological polar surface area (TPSA) is 66.5 Å². The van der Waals surface area contributed by atoms with Gasteiger partial charge in [-0.15, -0.1) is 0 Å². The Hall–Kier alpha value is -3.13. The van der Waals surface area contributed by atoms with Crippen LogP contribution >= 0.6 is 0 Å². The van der Waals surface area contributed by atoms with Crippen LogP contribution in [0.2, 0.25) is 0 Å². The third-order valence-electron chi connectivity index (χ3n) is 4.96. The van der Waals surface area contributed by atoms with E-state index >= 15 is 0 Å². The largest absolute Gasteiger partial charge is 0.385 e. The van der Waals surface area contributed by atoms with Crippen LogP contribution in [-0.2, 0) is 0 Å². The van der Waals surface area contributed by atoms with Gasteiger partial charge in [0.05, 0.1) is 11.4 Å². The third-order valence-corrected chi connectivity index (χ3v) is 4.96. The summed E-state index contributed by atoms with van der Waals surface area (Å²) in [4.78, 5) is 4.12. The summed E-state index contributed by atoms with van der Waals surface area (Å²) in [7, 11) is 0. The van der Waals surface area contributed by atoms with Gasteiger partial charge in [-0.2, -0.15) is 10.4 Å². The summed E-state index contributed by atoms with van der Waals surface area (Å²) in [6.45, 7) is 1.04. The Morgan fingerprint density at radius 1 is 1.15 bits per heavy atom. The molecule has 0 spiro atoms. The maximum atomic E-state index is 9.46. The summed E-state index contributed by atoms with van der Waals surface area (Å²) in [5.74, 6) is 0.799. The molecule has 1 N–H and O–H groups in total. The van der Waals surface area contributed by atoms with E-state index in [9.17, 15) is 5.26 Å². The van der Waals surface area contributed by atoms with Gasteiger partial charge in [0.25, 0.3) is 0 Å². The lowest BCUT2D eigenvalue weighted by Crippen LogP contribution is -2.10. The fourth-order valence-electron chi connectivity index (χ4n) is 3.51. The Morgan fingerprint density at radius 2 is 1.96 bits per heavy atom. The van der Waals surface area contributed by atoms with E-state index in [-0.39, 0.29) is 0 Å². The van der Waals surface area contributed by atoms with Crippen molar-refractivity contribution in [1.82, 2.24) is 14.8 Å². The van der Waals surface area contributed by atoms with Crippen LogP contribution in [0.25, 0.3) is 16.9 Å². The molecule has 0 atom stereocenters. The minimum Gasteiger partial charge on any atom is -0.385 e. The summed E-state index contributed by atoms with van der Waals surface area (Å²) >= 11 is 0. The highest BCUT2D eigenvalue weighted by Gasteiger charge is 2.14. The smallest absolute Gasteiger partial charge is 0.144 e. The zero-order chi connectivity index (χ0) is 17.8. The quantitative estimate of drug-likeness (QED) is 0.745. The van der Waals surface area contributed by atoms with E-state index in [1.54, 1.807) is 23.1 Å².